The van der Waals surface area contributed by atoms with Gasteiger partial charge in [0.25, 0.3) is 5.91 Å². The first-order valence-corrected chi connectivity index (χ1v) is 7.08. The van der Waals surface area contributed by atoms with E-state index in [9.17, 15) is 4.79 Å². The average molecular weight is 314 g/mol. The molecule has 0 aromatic carbocycles. The first-order valence-electron chi connectivity index (χ1n) is 6.28. The molecule has 1 rings (SSSR count). The summed E-state index contributed by atoms with van der Waals surface area (Å²) in [5.74, 6) is 0.553. The summed E-state index contributed by atoms with van der Waals surface area (Å²) in [4.78, 5) is 16.4. The lowest BCUT2D eigenvalue weighted by Crippen LogP contribution is -2.32. The van der Waals surface area contributed by atoms with Crippen LogP contribution < -0.4 is 10.6 Å². The van der Waals surface area contributed by atoms with E-state index in [1.54, 1.807) is 12.3 Å². The van der Waals surface area contributed by atoms with Gasteiger partial charge in [-0.25, -0.2) is 4.98 Å². The van der Waals surface area contributed by atoms with E-state index in [1.165, 1.54) is 0 Å². The molecule has 0 fully saturated rings. The van der Waals surface area contributed by atoms with E-state index in [2.05, 4.69) is 38.5 Å². The Bertz CT molecular complexity index is 409. The summed E-state index contributed by atoms with van der Waals surface area (Å²) in [7, 11) is 0. The van der Waals surface area contributed by atoms with Gasteiger partial charge in [-0.2, -0.15) is 0 Å². The normalized spacial score (nSPS) is 12.0. The number of nitrogens with one attached hydrogen (secondary N) is 2. The van der Waals surface area contributed by atoms with Crippen LogP contribution in [0.3, 0.4) is 0 Å². The van der Waals surface area contributed by atoms with E-state index in [-0.39, 0.29) is 11.9 Å². The van der Waals surface area contributed by atoms with Crippen LogP contribution in [-0.4, -0.2) is 23.5 Å². The van der Waals surface area contributed by atoms with Crippen molar-refractivity contribution < 1.29 is 4.79 Å². The maximum absolute atomic E-state index is 12.1. The van der Waals surface area contributed by atoms with Gasteiger partial charge in [0.05, 0.1) is 5.56 Å². The summed E-state index contributed by atoms with van der Waals surface area (Å²) in [5.41, 5.74) is 0.582. The number of halogens is 1. The van der Waals surface area contributed by atoms with E-state index in [0.717, 1.165) is 23.9 Å². The van der Waals surface area contributed by atoms with E-state index in [1.807, 2.05) is 13.8 Å². The zero-order valence-electron chi connectivity index (χ0n) is 11.1. The molecule has 0 radical (unpaired) electrons. The number of hydrogen-bond acceptors (Lipinski definition) is 3. The molecule has 5 heteroatoms. The number of pyridine rings is 1. The van der Waals surface area contributed by atoms with Gasteiger partial charge >= 0.3 is 0 Å². The Morgan fingerprint density at radius 3 is 2.83 bits per heavy atom. The lowest BCUT2D eigenvalue weighted by atomic mass is 10.2. The Labute approximate surface area is 117 Å². The Morgan fingerprint density at radius 1 is 1.50 bits per heavy atom. The molecule has 1 atom stereocenters. The summed E-state index contributed by atoms with van der Waals surface area (Å²) >= 11 is 3.35. The highest BCUT2D eigenvalue weighted by Crippen LogP contribution is 2.18. The van der Waals surface area contributed by atoms with Crippen LogP contribution in [0.4, 0.5) is 5.82 Å². The molecule has 1 aromatic rings. The highest BCUT2D eigenvalue weighted by molar-refractivity contribution is 9.10. The van der Waals surface area contributed by atoms with Crippen molar-refractivity contribution in [2.45, 2.75) is 39.7 Å². The van der Waals surface area contributed by atoms with E-state index >= 15 is 0 Å². The van der Waals surface area contributed by atoms with Gasteiger partial charge in [0.2, 0.25) is 0 Å². The van der Waals surface area contributed by atoms with Crippen molar-refractivity contribution in [1.82, 2.24) is 10.3 Å². The third kappa shape index (κ3) is 4.29. The minimum Gasteiger partial charge on any atom is -0.369 e. The molecule has 2 N–H and O–H groups in total. The van der Waals surface area contributed by atoms with Gasteiger partial charge < -0.3 is 10.6 Å². The molecule has 4 nitrogen and oxygen atoms in total. The quantitative estimate of drug-likeness (QED) is 0.848. The van der Waals surface area contributed by atoms with Gasteiger partial charge in [-0.1, -0.05) is 13.8 Å². The van der Waals surface area contributed by atoms with Crippen molar-refractivity contribution >= 4 is 27.7 Å². The second kappa shape index (κ2) is 7.36. The molecule has 0 aliphatic carbocycles. The molecule has 100 valence electrons. The van der Waals surface area contributed by atoms with Crippen LogP contribution in [0, 0.1) is 0 Å². The Balaban J connectivity index is 2.90. The molecule has 0 spiro atoms. The van der Waals surface area contributed by atoms with Gasteiger partial charge in [-0.05, 0) is 41.8 Å². The molecule has 0 aliphatic heterocycles. The molecule has 0 aliphatic rings. The topological polar surface area (TPSA) is 54.0 Å². The lowest BCUT2D eigenvalue weighted by Gasteiger charge is -2.14. The van der Waals surface area contributed by atoms with Gasteiger partial charge in [0.15, 0.2) is 0 Å². The van der Waals surface area contributed by atoms with Crippen LogP contribution in [-0.2, 0) is 0 Å². The minimum absolute atomic E-state index is 0.0863. The molecule has 0 saturated heterocycles. The zero-order chi connectivity index (χ0) is 13.5. The molecular formula is C13H20BrN3O. The summed E-state index contributed by atoms with van der Waals surface area (Å²) in [6.45, 7) is 6.91. The van der Waals surface area contributed by atoms with Crippen molar-refractivity contribution in [1.29, 1.82) is 0 Å². The molecular weight excluding hydrogens is 294 g/mol. The van der Waals surface area contributed by atoms with Crippen LogP contribution in [0.5, 0.6) is 0 Å². The summed E-state index contributed by atoms with van der Waals surface area (Å²) in [5, 5.41) is 6.12. The molecule has 1 aromatic heterocycles. The van der Waals surface area contributed by atoms with Crippen molar-refractivity contribution in [3.8, 4) is 0 Å². The fourth-order valence-corrected chi connectivity index (χ4v) is 1.73. The number of carbonyl (C=O) groups excluding carboxylic acids is 1. The van der Waals surface area contributed by atoms with Crippen molar-refractivity contribution in [3.05, 3.63) is 22.3 Å². The van der Waals surface area contributed by atoms with Crippen LogP contribution in [0.1, 0.15) is 44.0 Å². The van der Waals surface area contributed by atoms with Crippen LogP contribution in [0.2, 0.25) is 0 Å². The van der Waals surface area contributed by atoms with Gasteiger partial charge in [-0.3, -0.25) is 4.79 Å². The number of aromatic nitrogens is 1. The van der Waals surface area contributed by atoms with Gasteiger partial charge in [0, 0.05) is 23.3 Å². The zero-order valence-corrected chi connectivity index (χ0v) is 12.7. The second-order valence-electron chi connectivity index (χ2n) is 4.26. The molecule has 1 unspecified atom stereocenters. The highest BCUT2D eigenvalue weighted by atomic mass is 79.9. The molecule has 0 bridgehead atoms. The van der Waals surface area contributed by atoms with Gasteiger partial charge in [-0.15, -0.1) is 0 Å². The largest absolute Gasteiger partial charge is 0.369 e. The summed E-state index contributed by atoms with van der Waals surface area (Å²) in [6, 6.07) is 1.96. The number of carbonyl (C=O) groups is 1. The molecule has 18 heavy (non-hydrogen) atoms. The first-order chi connectivity index (χ1) is 8.58. The number of rotatable bonds is 6. The second-order valence-corrected chi connectivity index (χ2v) is 5.17. The lowest BCUT2D eigenvalue weighted by molar-refractivity contribution is 0.0939. The van der Waals surface area contributed by atoms with Crippen LogP contribution in [0.15, 0.2) is 16.7 Å². The SMILES string of the molecule is CCCNc1ncc(Br)cc1C(=O)NC(C)CC. The monoisotopic (exact) mass is 313 g/mol. The molecule has 0 saturated carbocycles. The number of hydrogen-bond donors (Lipinski definition) is 2. The van der Waals surface area contributed by atoms with E-state index < -0.39 is 0 Å². The predicted octanol–water partition coefficient (Wildman–Crippen LogP) is 3.19. The van der Waals surface area contributed by atoms with E-state index in [0.29, 0.717) is 11.4 Å². The smallest absolute Gasteiger partial charge is 0.255 e. The third-order valence-corrected chi connectivity index (χ3v) is 3.06. The van der Waals surface area contributed by atoms with Gasteiger partial charge in [0.1, 0.15) is 5.82 Å². The summed E-state index contributed by atoms with van der Waals surface area (Å²) in [6.07, 6.45) is 3.59. The highest BCUT2D eigenvalue weighted by Gasteiger charge is 2.14. The predicted molar refractivity (Wildman–Crippen MR) is 77.9 cm³/mol. The maximum atomic E-state index is 12.1. The number of anilines is 1. The Kier molecular flexibility index (Phi) is 6.12. The molecule has 1 heterocycles. The van der Waals surface area contributed by atoms with Crippen LogP contribution >= 0.6 is 15.9 Å². The Hall–Kier alpha value is -1.10. The third-order valence-electron chi connectivity index (χ3n) is 2.63. The standard InChI is InChI=1S/C13H20BrN3O/c1-4-6-15-12-11(7-10(14)8-16-12)13(18)17-9(3)5-2/h7-9H,4-6H2,1-3H3,(H,15,16)(H,17,18). The average Bonchev–Trinajstić information content (AvgIpc) is 2.36. The minimum atomic E-state index is -0.0863. The first kappa shape index (κ1) is 15.0. The number of nitrogens with zero attached hydrogens (tertiary/aromatic N) is 1. The fourth-order valence-electron chi connectivity index (χ4n) is 1.40. The summed E-state index contributed by atoms with van der Waals surface area (Å²) < 4.78 is 0.804. The number of amides is 1. The Morgan fingerprint density at radius 2 is 2.22 bits per heavy atom. The van der Waals surface area contributed by atoms with Crippen molar-refractivity contribution in [2.75, 3.05) is 11.9 Å². The van der Waals surface area contributed by atoms with Crippen molar-refractivity contribution in [2.24, 2.45) is 0 Å². The van der Waals surface area contributed by atoms with Crippen molar-refractivity contribution in [3.63, 3.8) is 0 Å². The molecule has 1 amide bonds. The maximum Gasteiger partial charge on any atom is 0.255 e. The van der Waals surface area contributed by atoms with E-state index in [4.69, 9.17) is 0 Å². The fraction of sp³-hybridized carbons (Fsp3) is 0.538. The van der Waals surface area contributed by atoms with Crippen LogP contribution in [0.25, 0.3) is 0 Å².